The standard InChI is InChI=1S/C27H29F5N4O6/c1-25(2,3)42-21(37)33-26(4,5)14-35-22(38)34(13-15-16(27(30,31)32)9-7-10-17(15)28)23(39)36(24(35)40)18-11-8-12-19(41-6)20(18)29/h7-12H,13-14H2,1-6H3,(H,33,37). The molecule has 228 valence electrons. The largest absolute Gasteiger partial charge is 0.494 e. The van der Waals surface area contributed by atoms with Gasteiger partial charge in [-0.05, 0) is 58.9 Å². The van der Waals surface area contributed by atoms with Crippen LogP contribution in [-0.2, 0) is 24.0 Å². The Hall–Kier alpha value is -4.43. The molecule has 15 heteroatoms. The number of nitrogens with zero attached hydrogens (tertiary/aromatic N) is 3. The summed E-state index contributed by atoms with van der Waals surface area (Å²) in [6, 6.07) is 5.50. The number of methoxy groups -OCH3 is 1. The van der Waals surface area contributed by atoms with Gasteiger partial charge in [0.1, 0.15) is 11.4 Å². The monoisotopic (exact) mass is 600 g/mol. The fourth-order valence-electron chi connectivity index (χ4n) is 4.10. The van der Waals surface area contributed by atoms with Crippen LogP contribution in [0.1, 0.15) is 45.7 Å². The summed E-state index contributed by atoms with van der Waals surface area (Å²) in [6.07, 6.45) is -5.98. The van der Waals surface area contributed by atoms with E-state index in [-0.39, 0.29) is 14.9 Å². The van der Waals surface area contributed by atoms with Gasteiger partial charge in [0.15, 0.2) is 11.6 Å². The van der Waals surface area contributed by atoms with E-state index in [1.165, 1.54) is 26.0 Å². The van der Waals surface area contributed by atoms with Gasteiger partial charge in [0.25, 0.3) is 0 Å². The quantitative estimate of drug-likeness (QED) is 0.413. The minimum atomic E-state index is -5.06. The molecule has 0 fully saturated rings. The Kier molecular flexibility index (Phi) is 8.75. The zero-order chi connectivity index (χ0) is 31.8. The molecular weight excluding hydrogens is 571 g/mol. The highest BCUT2D eigenvalue weighted by molar-refractivity contribution is 5.68. The number of hydrogen-bond acceptors (Lipinski definition) is 6. The van der Waals surface area contributed by atoms with Crippen LogP contribution in [0.4, 0.5) is 26.7 Å². The van der Waals surface area contributed by atoms with E-state index in [1.54, 1.807) is 20.8 Å². The number of alkyl carbamates (subject to hydrolysis) is 1. The number of rotatable bonds is 7. The second-order valence-electron chi connectivity index (χ2n) is 10.9. The van der Waals surface area contributed by atoms with Crippen molar-refractivity contribution in [1.82, 2.24) is 19.0 Å². The third-order valence-corrected chi connectivity index (χ3v) is 5.84. The van der Waals surface area contributed by atoms with Gasteiger partial charge in [-0.25, -0.2) is 41.7 Å². The topological polar surface area (TPSA) is 114 Å². The zero-order valence-electron chi connectivity index (χ0n) is 23.6. The van der Waals surface area contributed by atoms with Gasteiger partial charge < -0.3 is 14.8 Å². The van der Waals surface area contributed by atoms with Gasteiger partial charge in [-0.15, -0.1) is 0 Å². The molecule has 0 atom stereocenters. The summed E-state index contributed by atoms with van der Waals surface area (Å²) >= 11 is 0. The van der Waals surface area contributed by atoms with Gasteiger partial charge in [-0.3, -0.25) is 0 Å². The van der Waals surface area contributed by atoms with Gasteiger partial charge in [0, 0.05) is 5.56 Å². The van der Waals surface area contributed by atoms with Crippen LogP contribution in [0.3, 0.4) is 0 Å². The van der Waals surface area contributed by atoms with Crippen LogP contribution in [-0.4, -0.2) is 38.0 Å². The fourth-order valence-corrected chi connectivity index (χ4v) is 4.10. The lowest BCUT2D eigenvalue weighted by Crippen LogP contribution is -2.58. The molecule has 0 radical (unpaired) electrons. The number of carbonyl (C=O) groups excluding carboxylic acids is 1. The van der Waals surface area contributed by atoms with E-state index in [1.807, 2.05) is 0 Å². The Labute approximate surface area is 235 Å². The number of benzene rings is 2. The molecule has 10 nitrogen and oxygen atoms in total. The first-order valence-corrected chi connectivity index (χ1v) is 12.4. The van der Waals surface area contributed by atoms with Gasteiger partial charge in [-0.1, -0.05) is 12.1 Å². The van der Waals surface area contributed by atoms with Gasteiger partial charge in [0.05, 0.1) is 37.0 Å². The van der Waals surface area contributed by atoms with Crippen LogP contribution < -0.4 is 27.1 Å². The lowest BCUT2D eigenvalue weighted by Gasteiger charge is -2.29. The molecule has 2 aromatic carbocycles. The molecular formula is C27H29F5N4O6. The number of amides is 1. The van der Waals surface area contributed by atoms with Crippen LogP contribution in [0.15, 0.2) is 50.8 Å². The predicted molar refractivity (Wildman–Crippen MR) is 141 cm³/mol. The average molecular weight is 601 g/mol. The van der Waals surface area contributed by atoms with Crippen LogP contribution in [0.5, 0.6) is 5.75 Å². The average Bonchev–Trinajstić information content (AvgIpc) is 2.84. The van der Waals surface area contributed by atoms with E-state index in [2.05, 4.69) is 5.32 Å². The first-order valence-electron chi connectivity index (χ1n) is 12.4. The van der Waals surface area contributed by atoms with Crippen molar-refractivity contribution in [2.45, 2.75) is 65.0 Å². The van der Waals surface area contributed by atoms with Crippen LogP contribution in [0, 0.1) is 11.6 Å². The normalized spacial score (nSPS) is 12.3. The number of alkyl halides is 3. The number of hydrogen-bond donors (Lipinski definition) is 1. The van der Waals surface area contributed by atoms with Crippen molar-refractivity contribution in [3.63, 3.8) is 0 Å². The van der Waals surface area contributed by atoms with Crippen molar-refractivity contribution in [2.75, 3.05) is 7.11 Å². The van der Waals surface area contributed by atoms with E-state index < -0.39 is 82.0 Å². The van der Waals surface area contributed by atoms with E-state index in [0.717, 1.165) is 19.2 Å². The third-order valence-electron chi connectivity index (χ3n) is 5.84. The molecule has 3 aromatic rings. The summed E-state index contributed by atoms with van der Waals surface area (Å²) in [7, 11) is 1.12. The van der Waals surface area contributed by atoms with Gasteiger partial charge in [0.2, 0.25) is 0 Å². The van der Waals surface area contributed by atoms with E-state index in [0.29, 0.717) is 16.7 Å². The van der Waals surface area contributed by atoms with Crippen molar-refractivity contribution in [2.24, 2.45) is 0 Å². The highest BCUT2D eigenvalue weighted by atomic mass is 19.4. The third kappa shape index (κ3) is 6.89. The lowest BCUT2D eigenvalue weighted by molar-refractivity contribution is -0.138. The molecule has 1 N–H and O–H groups in total. The van der Waals surface area contributed by atoms with Crippen molar-refractivity contribution < 1.29 is 36.2 Å². The van der Waals surface area contributed by atoms with Crippen LogP contribution in [0.2, 0.25) is 0 Å². The molecule has 0 aliphatic heterocycles. The number of nitrogens with one attached hydrogen (secondary N) is 1. The first kappa shape index (κ1) is 32.1. The second-order valence-corrected chi connectivity index (χ2v) is 10.9. The minimum absolute atomic E-state index is 0.178. The molecule has 0 bridgehead atoms. The number of carbonyl (C=O) groups is 1. The summed E-state index contributed by atoms with van der Waals surface area (Å²) in [4.78, 5) is 53.0. The fraction of sp³-hybridized carbons (Fsp3) is 0.407. The Morgan fingerprint density at radius 3 is 2.05 bits per heavy atom. The van der Waals surface area contributed by atoms with Crippen molar-refractivity contribution in [3.8, 4) is 11.4 Å². The smallest absolute Gasteiger partial charge is 0.416 e. The van der Waals surface area contributed by atoms with E-state index in [9.17, 15) is 36.7 Å². The molecule has 0 aliphatic carbocycles. The second kappa shape index (κ2) is 11.4. The molecule has 0 unspecified atom stereocenters. The maximum atomic E-state index is 15.3. The first-order chi connectivity index (χ1) is 19.3. The Morgan fingerprint density at radius 1 is 0.881 bits per heavy atom. The summed E-state index contributed by atoms with van der Waals surface area (Å²) in [5, 5.41) is 2.47. The van der Waals surface area contributed by atoms with Gasteiger partial charge >= 0.3 is 29.3 Å². The summed E-state index contributed by atoms with van der Waals surface area (Å²) in [5.74, 6) is -2.95. The number of ether oxygens (including phenoxy) is 2. The summed E-state index contributed by atoms with van der Waals surface area (Å²) in [6.45, 7) is 5.67. The molecule has 1 aromatic heterocycles. The summed E-state index contributed by atoms with van der Waals surface area (Å²) in [5.41, 5.74) is -9.89. The van der Waals surface area contributed by atoms with Crippen LogP contribution in [0.25, 0.3) is 5.69 Å². The molecule has 1 heterocycles. The zero-order valence-corrected chi connectivity index (χ0v) is 23.6. The van der Waals surface area contributed by atoms with Crippen molar-refractivity contribution >= 4 is 6.09 Å². The Morgan fingerprint density at radius 2 is 1.48 bits per heavy atom. The SMILES string of the molecule is COc1cccc(-n2c(=O)n(Cc3c(F)cccc3C(F)(F)F)c(=O)n(CC(C)(C)NC(=O)OC(C)(C)C)c2=O)c1F. The minimum Gasteiger partial charge on any atom is -0.494 e. The highest BCUT2D eigenvalue weighted by Gasteiger charge is 2.35. The molecule has 42 heavy (non-hydrogen) atoms. The molecule has 0 saturated carbocycles. The molecule has 0 aliphatic rings. The predicted octanol–water partition coefficient (Wildman–Crippen LogP) is 3.82. The molecule has 1 amide bonds. The number of halogens is 5. The van der Waals surface area contributed by atoms with Crippen LogP contribution >= 0.6 is 0 Å². The highest BCUT2D eigenvalue weighted by Crippen LogP contribution is 2.33. The van der Waals surface area contributed by atoms with Crippen molar-refractivity contribution in [1.29, 1.82) is 0 Å². The van der Waals surface area contributed by atoms with Crippen molar-refractivity contribution in [3.05, 3.63) is 90.6 Å². The molecule has 3 rings (SSSR count). The lowest BCUT2D eigenvalue weighted by atomic mass is 10.1. The molecule has 0 saturated heterocycles. The Bertz CT molecular complexity index is 1680. The summed E-state index contributed by atoms with van der Waals surface area (Å²) < 4.78 is 82.0. The maximum absolute atomic E-state index is 15.3. The van der Waals surface area contributed by atoms with E-state index in [4.69, 9.17) is 9.47 Å². The number of aromatic nitrogens is 3. The van der Waals surface area contributed by atoms with E-state index >= 15 is 4.39 Å². The Balaban J connectivity index is 2.32. The van der Waals surface area contributed by atoms with Gasteiger partial charge in [-0.2, -0.15) is 13.2 Å². The molecule has 0 spiro atoms. The maximum Gasteiger partial charge on any atom is 0.416 e.